The molecule has 3 atom stereocenters. The minimum absolute atomic E-state index is 0.0393. The van der Waals surface area contributed by atoms with E-state index in [1.165, 1.54) is 12.1 Å². The zero-order chi connectivity index (χ0) is 17.5. The van der Waals surface area contributed by atoms with Crippen molar-refractivity contribution in [1.82, 2.24) is 0 Å². The normalized spacial score (nSPS) is 25.7. The van der Waals surface area contributed by atoms with Crippen molar-refractivity contribution in [3.63, 3.8) is 0 Å². The molecular weight excluding hydrogens is 326 g/mol. The Morgan fingerprint density at radius 2 is 1.71 bits per heavy atom. The monoisotopic (exact) mass is 341 g/mol. The van der Waals surface area contributed by atoms with Crippen LogP contribution in [0.4, 0.5) is 0 Å². The predicted octanol–water partition coefficient (Wildman–Crippen LogP) is 2.53. The van der Waals surface area contributed by atoms with Gasteiger partial charge in [-0.3, -0.25) is 4.79 Å². The van der Waals surface area contributed by atoms with Gasteiger partial charge in [0.2, 0.25) is 0 Å². The van der Waals surface area contributed by atoms with Crippen LogP contribution in [0.15, 0.2) is 59.5 Å². The number of aliphatic carboxylic acids is 1. The fourth-order valence-corrected chi connectivity index (χ4v) is 5.44. The van der Waals surface area contributed by atoms with Crippen molar-refractivity contribution in [2.45, 2.75) is 23.0 Å². The molecule has 0 aromatic heterocycles. The third-order valence-corrected chi connectivity index (χ3v) is 6.76. The van der Waals surface area contributed by atoms with Crippen molar-refractivity contribution in [2.75, 3.05) is 0 Å². The first kappa shape index (κ1) is 16.2. The second-order valence-electron chi connectivity index (χ2n) is 5.95. The number of hydrogen-bond donors (Lipinski definition) is 1. The molecule has 122 valence electrons. The molecule has 0 radical (unpaired) electrons. The van der Waals surface area contributed by atoms with E-state index < -0.39 is 32.4 Å². The van der Waals surface area contributed by atoms with Gasteiger partial charge in [0, 0.05) is 5.92 Å². The van der Waals surface area contributed by atoms with Crippen LogP contribution in [0.25, 0.3) is 0 Å². The maximum Gasteiger partial charge on any atom is 0.326 e. The molecule has 0 unspecified atom stereocenters. The van der Waals surface area contributed by atoms with Gasteiger partial charge >= 0.3 is 5.97 Å². The van der Waals surface area contributed by atoms with Gasteiger partial charge < -0.3 is 5.11 Å². The summed E-state index contributed by atoms with van der Waals surface area (Å²) in [6, 6.07) is 16.4. The predicted molar refractivity (Wildman–Crippen MR) is 87.0 cm³/mol. The lowest BCUT2D eigenvalue weighted by Crippen LogP contribution is -2.22. The van der Waals surface area contributed by atoms with E-state index in [1.54, 1.807) is 48.5 Å². The average molecular weight is 341 g/mol. The first-order chi connectivity index (χ1) is 11.4. The van der Waals surface area contributed by atoms with Crippen LogP contribution >= 0.6 is 0 Å². The quantitative estimate of drug-likeness (QED) is 0.922. The van der Waals surface area contributed by atoms with E-state index in [1.807, 2.05) is 6.92 Å². The first-order valence-corrected chi connectivity index (χ1v) is 8.90. The van der Waals surface area contributed by atoms with E-state index >= 15 is 0 Å². The Bertz CT molecular complexity index is 929. The summed E-state index contributed by atoms with van der Waals surface area (Å²) in [6.07, 6.45) is 0. The second-order valence-corrected chi connectivity index (χ2v) is 8.02. The molecule has 2 aromatic carbocycles. The van der Waals surface area contributed by atoms with Gasteiger partial charge in [-0.2, -0.15) is 5.26 Å². The van der Waals surface area contributed by atoms with Gasteiger partial charge in [0.15, 0.2) is 15.3 Å². The van der Waals surface area contributed by atoms with E-state index in [-0.39, 0.29) is 4.90 Å². The standard InChI is InChI=1S/C18H15NO4S/c1-12-7-9-14(10-8-12)24(22,23)16-15(13-5-3-2-4-6-13)18(16,11-19)17(20)21/h2-10,15-16H,1H3,(H,20,21)/t15-,16-,18-/m1/s1. The van der Waals surface area contributed by atoms with Crippen LogP contribution in [0.2, 0.25) is 0 Å². The minimum atomic E-state index is -3.95. The molecule has 0 bridgehead atoms. The Labute approximate surface area is 140 Å². The summed E-state index contributed by atoms with van der Waals surface area (Å²) < 4.78 is 25.9. The fraction of sp³-hybridized carbons (Fsp3) is 0.222. The molecule has 1 aliphatic rings. The lowest BCUT2D eigenvalue weighted by molar-refractivity contribution is -0.141. The molecular formula is C18H15NO4S. The maximum absolute atomic E-state index is 13.0. The van der Waals surface area contributed by atoms with E-state index in [0.717, 1.165) is 5.56 Å². The number of carboxylic acid groups (broad SMARTS) is 1. The van der Waals surface area contributed by atoms with Crippen LogP contribution < -0.4 is 0 Å². The van der Waals surface area contributed by atoms with Crippen molar-refractivity contribution in [3.05, 3.63) is 65.7 Å². The number of carbonyl (C=O) groups is 1. The van der Waals surface area contributed by atoms with Crippen molar-refractivity contribution in [3.8, 4) is 6.07 Å². The molecule has 0 saturated heterocycles. The van der Waals surface area contributed by atoms with Gasteiger partial charge in [-0.15, -0.1) is 0 Å². The molecule has 1 aliphatic carbocycles. The van der Waals surface area contributed by atoms with E-state index in [0.29, 0.717) is 5.56 Å². The summed E-state index contributed by atoms with van der Waals surface area (Å²) >= 11 is 0. The number of benzene rings is 2. The number of carboxylic acids is 1. The molecule has 1 fully saturated rings. The second kappa shape index (κ2) is 5.46. The fourth-order valence-electron chi connectivity index (χ4n) is 3.19. The van der Waals surface area contributed by atoms with E-state index in [4.69, 9.17) is 0 Å². The zero-order valence-corrected chi connectivity index (χ0v) is 13.7. The van der Waals surface area contributed by atoms with Crippen LogP contribution in [-0.2, 0) is 14.6 Å². The Morgan fingerprint density at radius 1 is 1.12 bits per heavy atom. The highest BCUT2D eigenvalue weighted by Crippen LogP contribution is 2.63. The molecule has 0 heterocycles. The third kappa shape index (κ3) is 2.21. The highest BCUT2D eigenvalue weighted by molar-refractivity contribution is 7.92. The third-order valence-electron chi connectivity index (χ3n) is 4.51. The molecule has 2 aromatic rings. The van der Waals surface area contributed by atoms with Gasteiger partial charge in [0.25, 0.3) is 0 Å². The first-order valence-electron chi connectivity index (χ1n) is 7.36. The number of nitrogens with zero attached hydrogens (tertiary/aromatic N) is 1. The molecule has 1 saturated carbocycles. The number of aryl methyl sites for hydroxylation is 1. The average Bonchev–Trinajstić information content (AvgIpc) is 3.28. The van der Waals surface area contributed by atoms with Crippen molar-refractivity contribution >= 4 is 15.8 Å². The van der Waals surface area contributed by atoms with Gasteiger partial charge in [-0.1, -0.05) is 48.0 Å². The molecule has 0 spiro atoms. The topological polar surface area (TPSA) is 95.2 Å². The maximum atomic E-state index is 13.0. The smallest absolute Gasteiger partial charge is 0.326 e. The SMILES string of the molecule is Cc1ccc(S(=O)(=O)[C@@H]2[C@@H](c3ccccc3)[C@@]2(C#N)C(=O)O)cc1. The molecule has 6 heteroatoms. The Hall–Kier alpha value is -2.65. The molecule has 0 amide bonds. The zero-order valence-electron chi connectivity index (χ0n) is 12.9. The molecule has 5 nitrogen and oxygen atoms in total. The lowest BCUT2D eigenvalue weighted by atomic mass is 10.0. The molecule has 24 heavy (non-hydrogen) atoms. The number of nitriles is 1. The Kier molecular flexibility index (Phi) is 3.69. The van der Waals surface area contributed by atoms with Crippen LogP contribution in [0.3, 0.4) is 0 Å². The molecule has 1 N–H and O–H groups in total. The van der Waals surface area contributed by atoms with Crippen LogP contribution in [0.5, 0.6) is 0 Å². The van der Waals surface area contributed by atoms with E-state index in [9.17, 15) is 23.6 Å². The van der Waals surface area contributed by atoms with Gasteiger partial charge in [-0.05, 0) is 24.6 Å². The Balaban J connectivity index is 2.13. The number of sulfone groups is 1. The summed E-state index contributed by atoms with van der Waals surface area (Å²) in [5.74, 6) is -2.29. The van der Waals surface area contributed by atoms with Crippen molar-refractivity contribution < 1.29 is 18.3 Å². The number of rotatable bonds is 4. The summed E-state index contributed by atoms with van der Waals surface area (Å²) in [4.78, 5) is 11.8. The summed E-state index contributed by atoms with van der Waals surface area (Å²) in [5, 5.41) is 17.8. The van der Waals surface area contributed by atoms with Crippen molar-refractivity contribution in [2.24, 2.45) is 5.41 Å². The van der Waals surface area contributed by atoms with Crippen LogP contribution in [0, 0.1) is 23.7 Å². The Morgan fingerprint density at radius 3 is 2.21 bits per heavy atom. The van der Waals surface area contributed by atoms with Gasteiger partial charge in [0.05, 0.1) is 11.0 Å². The van der Waals surface area contributed by atoms with Crippen molar-refractivity contribution in [1.29, 1.82) is 5.26 Å². The van der Waals surface area contributed by atoms with Gasteiger partial charge in [-0.25, -0.2) is 8.42 Å². The highest BCUT2D eigenvalue weighted by atomic mass is 32.2. The summed E-state index contributed by atoms with van der Waals surface area (Å²) in [5.41, 5.74) is -0.512. The van der Waals surface area contributed by atoms with Crippen LogP contribution in [0.1, 0.15) is 17.0 Å². The molecule has 0 aliphatic heterocycles. The summed E-state index contributed by atoms with van der Waals surface area (Å²) in [7, 11) is -3.95. The minimum Gasteiger partial charge on any atom is -0.480 e. The summed E-state index contributed by atoms with van der Waals surface area (Å²) in [6.45, 7) is 1.83. The largest absolute Gasteiger partial charge is 0.480 e. The molecule has 3 rings (SSSR count). The van der Waals surface area contributed by atoms with Gasteiger partial charge in [0.1, 0.15) is 5.25 Å². The van der Waals surface area contributed by atoms with Crippen LogP contribution in [-0.4, -0.2) is 24.7 Å². The number of hydrogen-bond acceptors (Lipinski definition) is 4. The highest BCUT2D eigenvalue weighted by Gasteiger charge is 2.77. The lowest BCUT2D eigenvalue weighted by Gasteiger charge is -2.05. The van der Waals surface area contributed by atoms with E-state index in [2.05, 4.69) is 0 Å².